The highest BCUT2D eigenvalue weighted by molar-refractivity contribution is 4.72. The van der Waals surface area contributed by atoms with Crippen LogP contribution in [0.25, 0.3) is 0 Å². The van der Waals surface area contributed by atoms with Gasteiger partial charge in [0.1, 0.15) is 0 Å². The fraction of sp³-hybridized carbons (Fsp3) is 1.00. The van der Waals surface area contributed by atoms with Gasteiger partial charge in [-0.25, -0.2) is 0 Å². The van der Waals surface area contributed by atoms with E-state index < -0.39 is 0 Å². The lowest BCUT2D eigenvalue weighted by atomic mass is 9.84. The van der Waals surface area contributed by atoms with Crippen molar-refractivity contribution in [1.29, 1.82) is 0 Å². The van der Waals surface area contributed by atoms with Gasteiger partial charge in [-0.3, -0.25) is 0 Å². The minimum absolute atomic E-state index is 0. The monoisotopic (exact) mass is 348 g/mol. The van der Waals surface area contributed by atoms with Crippen LogP contribution in [0.2, 0.25) is 0 Å². The van der Waals surface area contributed by atoms with Crippen molar-refractivity contribution in [3.8, 4) is 0 Å². The Balaban J connectivity index is -0.0000000724. The van der Waals surface area contributed by atoms with E-state index in [-0.39, 0.29) is 20.4 Å². The Labute approximate surface area is 158 Å². The van der Waals surface area contributed by atoms with Crippen LogP contribution in [0.4, 0.5) is 0 Å². The smallest absolute Gasteiger partial charge is 0.0118 e. The maximum atomic E-state index is 3.38. The zero-order chi connectivity index (χ0) is 18.9. The second kappa shape index (κ2) is 14.1. The summed E-state index contributed by atoms with van der Waals surface area (Å²) < 4.78 is 0. The Morgan fingerprint density at radius 1 is 0.667 bits per heavy atom. The van der Waals surface area contributed by atoms with E-state index >= 15 is 0 Å². The fourth-order valence-corrected chi connectivity index (χ4v) is 0.866. The third-order valence-corrected chi connectivity index (χ3v) is 3.80. The van der Waals surface area contributed by atoms with Crippen molar-refractivity contribution in [3.05, 3.63) is 0 Å². The first-order valence-corrected chi connectivity index (χ1v) is 8.75. The summed E-state index contributed by atoms with van der Waals surface area (Å²) in [4.78, 5) is 2.19. The second-order valence-electron chi connectivity index (χ2n) is 10.1. The molecule has 24 heavy (non-hydrogen) atoms. The molecule has 0 spiro atoms. The predicted octanol–water partition coefficient (Wildman–Crippen LogP) is 7.09. The van der Waals surface area contributed by atoms with Crippen molar-refractivity contribution in [1.82, 2.24) is 10.2 Å². The molecule has 0 aliphatic heterocycles. The summed E-state index contributed by atoms with van der Waals surface area (Å²) in [6.07, 6.45) is 0. The predicted molar refractivity (Wildman–Crippen MR) is 119 cm³/mol. The molecule has 0 saturated carbocycles. The molecule has 0 aromatic heterocycles. The van der Waals surface area contributed by atoms with Gasteiger partial charge < -0.3 is 10.2 Å². The number of nitrogens with zero attached hydrogens (tertiary/aromatic N) is 1. The van der Waals surface area contributed by atoms with Crippen LogP contribution in [0.3, 0.4) is 0 Å². The van der Waals surface area contributed by atoms with Crippen LogP contribution < -0.4 is 5.32 Å². The molecule has 2 nitrogen and oxygen atoms in total. The lowest BCUT2D eigenvalue weighted by molar-refractivity contribution is 0.219. The van der Waals surface area contributed by atoms with Gasteiger partial charge in [-0.2, -0.15) is 0 Å². The van der Waals surface area contributed by atoms with Crippen molar-refractivity contribution < 1.29 is 0 Å². The highest BCUT2D eigenvalue weighted by Crippen LogP contribution is 2.23. The Kier molecular flexibility index (Phi) is 20.7. The average molecular weight is 349 g/mol. The summed E-state index contributed by atoms with van der Waals surface area (Å²) in [5.74, 6) is 0.799. The van der Waals surface area contributed by atoms with Gasteiger partial charge in [0.25, 0.3) is 0 Å². The summed E-state index contributed by atoms with van der Waals surface area (Å²) in [5.41, 5.74) is 1.11. The Bertz CT molecular complexity index is 227. The zero-order valence-corrected chi connectivity index (χ0v) is 18.6. The summed E-state index contributed by atoms with van der Waals surface area (Å²) in [7, 11) is 4.17. The molecular formula is C22H56N2. The van der Waals surface area contributed by atoms with Gasteiger partial charge in [0, 0.05) is 17.1 Å². The SMILES string of the molecule is C.C.CC(C)C(C)(C)C.CC(C)NC(C)(C)C.CN(C)C(C)(C)C. The van der Waals surface area contributed by atoms with Gasteiger partial charge in [-0.1, -0.05) is 63.3 Å². The van der Waals surface area contributed by atoms with E-state index in [9.17, 15) is 0 Å². The highest BCUT2D eigenvalue weighted by Gasteiger charge is 2.13. The molecule has 0 atom stereocenters. The molecule has 2 heteroatoms. The van der Waals surface area contributed by atoms with Gasteiger partial charge in [0.05, 0.1) is 0 Å². The van der Waals surface area contributed by atoms with Crippen LogP contribution >= 0.6 is 0 Å². The van der Waals surface area contributed by atoms with Crippen LogP contribution in [-0.2, 0) is 0 Å². The van der Waals surface area contributed by atoms with E-state index in [0.29, 0.717) is 17.0 Å². The van der Waals surface area contributed by atoms with Gasteiger partial charge in [0.15, 0.2) is 0 Å². The normalized spacial score (nSPS) is 11.8. The maximum Gasteiger partial charge on any atom is 0.0118 e. The summed E-state index contributed by atoms with van der Waals surface area (Å²) in [5, 5.41) is 3.38. The van der Waals surface area contributed by atoms with Gasteiger partial charge in [0.2, 0.25) is 0 Å². The Morgan fingerprint density at radius 3 is 0.875 bits per heavy atom. The molecule has 154 valence electrons. The lowest BCUT2D eigenvalue weighted by Crippen LogP contribution is -2.40. The average Bonchev–Trinajstić information content (AvgIpc) is 2.11. The topological polar surface area (TPSA) is 15.3 Å². The quantitative estimate of drug-likeness (QED) is 0.544. The highest BCUT2D eigenvalue weighted by atomic mass is 15.1. The minimum atomic E-state index is 0. The van der Waals surface area contributed by atoms with Gasteiger partial charge in [-0.05, 0) is 67.0 Å². The summed E-state index contributed by atoms with van der Waals surface area (Å²) in [6.45, 7) is 28.7. The third kappa shape index (κ3) is 33.5. The molecule has 0 aromatic carbocycles. The molecule has 0 saturated heterocycles. The second-order valence-corrected chi connectivity index (χ2v) is 10.1. The first-order chi connectivity index (χ1) is 9.30. The van der Waals surface area contributed by atoms with Crippen molar-refractivity contribution in [3.63, 3.8) is 0 Å². The van der Waals surface area contributed by atoms with Crippen LogP contribution in [-0.4, -0.2) is 36.1 Å². The van der Waals surface area contributed by atoms with E-state index in [2.05, 4.69) is 114 Å². The van der Waals surface area contributed by atoms with Crippen LogP contribution in [0.5, 0.6) is 0 Å². The van der Waals surface area contributed by atoms with Crippen LogP contribution in [0.1, 0.15) is 105 Å². The molecule has 0 fully saturated rings. The van der Waals surface area contributed by atoms with E-state index in [4.69, 9.17) is 0 Å². The Morgan fingerprint density at radius 2 is 0.875 bits per heavy atom. The van der Waals surface area contributed by atoms with Crippen molar-refractivity contribution in [2.24, 2.45) is 11.3 Å². The van der Waals surface area contributed by atoms with E-state index in [1.54, 1.807) is 0 Å². The zero-order valence-electron chi connectivity index (χ0n) is 18.6. The Hall–Kier alpha value is -0.0800. The third-order valence-electron chi connectivity index (χ3n) is 3.80. The molecule has 1 N–H and O–H groups in total. The largest absolute Gasteiger partial charge is 0.310 e. The summed E-state index contributed by atoms with van der Waals surface area (Å²) >= 11 is 0. The van der Waals surface area contributed by atoms with E-state index in [0.717, 1.165) is 5.92 Å². The number of nitrogens with one attached hydrogen (secondary N) is 1. The van der Waals surface area contributed by atoms with Crippen molar-refractivity contribution in [2.75, 3.05) is 14.1 Å². The minimum Gasteiger partial charge on any atom is -0.310 e. The number of rotatable bonds is 1. The molecular weight excluding hydrogens is 292 g/mol. The van der Waals surface area contributed by atoms with Crippen molar-refractivity contribution >= 4 is 0 Å². The van der Waals surface area contributed by atoms with E-state index in [1.807, 2.05) is 0 Å². The maximum absolute atomic E-state index is 3.38. The van der Waals surface area contributed by atoms with Gasteiger partial charge in [-0.15, -0.1) is 0 Å². The van der Waals surface area contributed by atoms with Crippen LogP contribution in [0.15, 0.2) is 0 Å². The molecule has 0 radical (unpaired) electrons. The van der Waals surface area contributed by atoms with E-state index in [1.165, 1.54) is 0 Å². The molecule has 0 aliphatic rings. The number of hydrogen-bond acceptors (Lipinski definition) is 2. The number of hydrogen-bond donors (Lipinski definition) is 1. The molecule has 0 aliphatic carbocycles. The molecule has 0 bridgehead atoms. The van der Waals surface area contributed by atoms with Gasteiger partial charge >= 0.3 is 0 Å². The first-order valence-electron chi connectivity index (χ1n) is 8.75. The standard InChI is InChI=1S/C7H17N.C7H16.C6H15N.2CH4/c1-6(2)8-7(3,4)5;1-6(2)7(3,4)5;1-6(2,3)7(4)5;;/h6,8H,1-5H3;6H,1-5H3;1-5H3;2*1H4. The van der Waals surface area contributed by atoms with Crippen molar-refractivity contribution in [2.45, 2.75) is 122 Å². The molecule has 0 heterocycles. The first kappa shape index (κ1) is 35.1. The van der Waals surface area contributed by atoms with Crippen LogP contribution in [0, 0.1) is 11.3 Å². The lowest BCUT2D eigenvalue weighted by Gasteiger charge is -2.27. The molecule has 0 aromatic rings. The fourth-order valence-electron chi connectivity index (χ4n) is 0.866. The molecule has 0 unspecified atom stereocenters. The summed E-state index contributed by atoms with van der Waals surface area (Å²) in [6, 6.07) is 0.593. The molecule has 0 amide bonds. The molecule has 0 rings (SSSR count).